The van der Waals surface area contributed by atoms with E-state index < -0.39 is 0 Å². The number of amides is 1. The van der Waals surface area contributed by atoms with Gasteiger partial charge in [-0.05, 0) is 74.2 Å². The summed E-state index contributed by atoms with van der Waals surface area (Å²) in [5.74, 6) is 0.128. The lowest BCUT2D eigenvalue weighted by atomic mass is 10.1. The van der Waals surface area contributed by atoms with Crippen LogP contribution in [-0.4, -0.2) is 35.6 Å². The van der Waals surface area contributed by atoms with E-state index in [0.717, 1.165) is 56.6 Å². The Balaban J connectivity index is 1.41. The van der Waals surface area contributed by atoms with Gasteiger partial charge in [-0.2, -0.15) is 0 Å². The van der Waals surface area contributed by atoms with Crippen LogP contribution in [0.3, 0.4) is 0 Å². The first kappa shape index (κ1) is 19.4. The summed E-state index contributed by atoms with van der Waals surface area (Å²) in [7, 11) is 0. The van der Waals surface area contributed by atoms with E-state index in [2.05, 4.69) is 34.9 Å². The van der Waals surface area contributed by atoms with Crippen molar-refractivity contribution < 1.29 is 4.79 Å². The van der Waals surface area contributed by atoms with Gasteiger partial charge in [-0.3, -0.25) is 4.79 Å². The largest absolute Gasteiger partial charge is 0.362 e. The van der Waals surface area contributed by atoms with Gasteiger partial charge in [-0.25, -0.2) is 0 Å². The number of nitrogens with zero attached hydrogens (tertiary/aromatic N) is 1. The first-order chi connectivity index (χ1) is 13.2. The summed E-state index contributed by atoms with van der Waals surface area (Å²) in [5, 5.41) is 7.03. The Kier molecular flexibility index (Phi) is 7.22. The molecule has 1 fully saturated rings. The molecule has 3 rings (SSSR count). The molecule has 2 aromatic carbocycles. The Morgan fingerprint density at radius 3 is 2.37 bits per heavy atom. The van der Waals surface area contributed by atoms with Crippen LogP contribution in [0.25, 0.3) is 0 Å². The van der Waals surface area contributed by atoms with E-state index in [0.29, 0.717) is 5.11 Å². The number of thiocarbonyl (C=S) groups is 1. The van der Waals surface area contributed by atoms with E-state index >= 15 is 0 Å². The monoisotopic (exact) mass is 381 g/mol. The number of carbonyl (C=O) groups excluding carboxylic acids is 1. The molecule has 142 valence electrons. The molecule has 1 aliphatic rings. The minimum Gasteiger partial charge on any atom is -0.362 e. The van der Waals surface area contributed by atoms with E-state index in [4.69, 9.17) is 12.2 Å². The number of benzene rings is 2. The lowest BCUT2D eigenvalue weighted by Crippen LogP contribution is -2.35. The Labute approximate surface area is 167 Å². The number of nitrogens with one attached hydrogen (secondary N) is 2. The van der Waals surface area contributed by atoms with Crippen molar-refractivity contribution in [3.63, 3.8) is 0 Å². The van der Waals surface area contributed by atoms with E-state index in [1.165, 1.54) is 12.0 Å². The van der Waals surface area contributed by atoms with Gasteiger partial charge in [0.25, 0.3) is 5.91 Å². The van der Waals surface area contributed by atoms with E-state index in [9.17, 15) is 4.79 Å². The summed E-state index contributed by atoms with van der Waals surface area (Å²) in [5.41, 5.74) is 2.97. The molecule has 2 aromatic rings. The van der Waals surface area contributed by atoms with Crippen LogP contribution in [0.1, 0.15) is 41.6 Å². The van der Waals surface area contributed by atoms with Gasteiger partial charge in [-0.1, -0.05) is 30.3 Å². The second kappa shape index (κ2) is 10.1. The molecule has 1 heterocycles. The number of hydrogen-bond acceptors (Lipinski definition) is 2. The van der Waals surface area contributed by atoms with Crippen LogP contribution in [-0.2, 0) is 6.42 Å². The van der Waals surface area contributed by atoms with Gasteiger partial charge in [-0.15, -0.1) is 0 Å². The second-order valence-electron chi connectivity index (χ2n) is 6.90. The minimum atomic E-state index is 0.128. The molecular weight excluding hydrogens is 354 g/mol. The van der Waals surface area contributed by atoms with Crippen LogP contribution < -0.4 is 10.6 Å². The molecule has 5 heteroatoms. The quantitative estimate of drug-likeness (QED) is 0.580. The molecule has 0 radical (unpaired) electrons. The predicted molar refractivity (Wildman–Crippen MR) is 115 cm³/mol. The molecule has 0 aromatic heterocycles. The average Bonchev–Trinajstić information content (AvgIpc) is 2.73. The van der Waals surface area contributed by atoms with Crippen LogP contribution >= 0.6 is 12.2 Å². The summed E-state index contributed by atoms with van der Waals surface area (Å²) in [4.78, 5) is 14.4. The maximum atomic E-state index is 12.5. The van der Waals surface area contributed by atoms with Crippen LogP contribution in [0.15, 0.2) is 54.6 Å². The Morgan fingerprint density at radius 1 is 0.963 bits per heavy atom. The summed E-state index contributed by atoms with van der Waals surface area (Å²) < 4.78 is 0. The fourth-order valence-corrected chi connectivity index (χ4v) is 3.51. The highest BCUT2D eigenvalue weighted by Crippen LogP contribution is 2.15. The van der Waals surface area contributed by atoms with Crippen LogP contribution in [0.2, 0.25) is 0 Å². The van der Waals surface area contributed by atoms with Gasteiger partial charge in [0.15, 0.2) is 5.11 Å². The molecule has 0 aliphatic carbocycles. The summed E-state index contributed by atoms with van der Waals surface area (Å²) in [6, 6.07) is 18.0. The van der Waals surface area contributed by atoms with Gasteiger partial charge in [0.1, 0.15) is 0 Å². The normalized spacial score (nSPS) is 13.9. The lowest BCUT2D eigenvalue weighted by Gasteiger charge is -2.26. The lowest BCUT2D eigenvalue weighted by molar-refractivity contribution is 0.0724. The molecule has 1 aliphatic heterocycles. The van der Waals surface area contributed by atoms with Gasteiger partial charge >= 0.3 is 0 Å². The van der Waals surface area contributed by atoms with E-state index in [1.54, 1.807) is 0 Å². The van der Waals surface area contributed by atoms with Crippen LogP contribution in [0.4, 0.5) is 5.69 Å². The molecule has 0 unspecified atom stereocenters. The first-order valence-electron chi connectivity index (χ1n) is 9.70. The van der Waals surface area contributed by atoms with E-state index in [-0.39, 0.29) is 5.91 Å². The Hall–Kier alpha value is -2.40. The summed E-state index contributed by atoms with van der Waals surface area (Å²) >= 11 is 5.36. The summed E-state index contributed by atoms with van der Waals surface area (Å²) in [6.07, 6.45) is 5.49. The van der Waals surface area contributed by atoms with Crippen LogP contribution in [0, 0.1) is 0 Å². The third-order valence-corrected chi connectivity index (χ3v) is 5.05. The average molecular weight is 382 g/mol. The number of piperidine rings is 1. The van der Waals surface area contributed by atoms with Crippen molar-refractivity contribution in [3.8, 4) is 0 Å². The van der Waals surface area contributed by atoms with Gasteiger partial charge in [0, 0.05) is 30.9 Å². The van der Waals surface area contributed by atoms with Crippen molar-refractivity contribution in [2.24, 2.45) is 0 Å². The molecule has 0 atom stereocenters. The molecule has 1 saturated heterocycles. The number of hydrogen-bond donors (Lipinski definition) is 2. The molecule has 0 bridgehead atoms. The maximum absolute atomic E-state index is 12.5. The van der Waals surface area contributed by atoms with Gasteiger partial charge < -0.3 is 15.5 Å². The Morgan fingerprint density at radius 2 is 1.67 bits per heavy atom. The van der Waals surface area contributed by atoms with Gasteiger partial charge in [0.2, 0.25) is 0 Å². The topological polar surface area (TPSA) is 44.4 Å². The fourth-order valence-electron chi connectivity index (χ4n) is 3.29. The maximum Gasteiger partial charge on any atom is 0.253 e. The Bertz CT molecular complexity index is 740. The number of rotatable bonds is 6. The molecular formula is C22H27N3OS. The zero-order chi connectivity index (χ0) is 18.9. The smallest absolute Gasteiger partial charge is 0.253 e. The molecule has 27 heavy (non-hydrogen) atoms. The van der Waals surface area contributed by atoms with Crippen molar-refractivity contribution in [3.05, 3.63) is 65.7 Å². The van der Waals surface area contributed by atoms with Crippen molar-refractivity contribution in [1.82, 2.24) is 10.2 Å². The highest BCUT2D eigenvalue weighted by molar-refractivity contribution is 7.80. The minimum absolute atomic E-state index is 0.128. The molecule has 0 saturated carbocycles. The van der Waals surface area contributed by atoms with Crippen molar-refractivity contribution in [2.45, 2.75) is 32.1 Å². The third kappa shape index (κ3) is 6.07. The highest BCUT2D eigenvalue weighted by Gasteiger charge is 2.17. The van der Waals surface area contributed by atoms with Gasteiger partial charge in [0.05, 0.1) is 0 Å². The first-order valence-corrected chi connectivity index (χ1v) is 10.1. The third-order valence-electron chi connectivity index (χ3n) is 4.80. The number of likely N-dealkylation sites (tertiary alicyclic amines) is 1. The number of aryl methyl sites for hydroxylation is 1. The molecule has 2 N–H and O–H groups in total. The van der Waals surface area contributed by atoms with E-state index in [1.807, 2.05) is 35.2 Å². The standard InChI is InChI=1S/C22H27N3OS/c26-21(25-16-5-2-6-17-25)19-11-13-20(14-12-19)24-22(27)23-15-7-10-18-8-3-1-4-9-18/h1,3-4,8-9,11-14H,2,5-7,10,15-17H2,(H2,23,24,27). The molecule has 4 nitrogen and oxygen atoms in total. The zero-order valence-electron chi connectivity index (χ0n) is 15.6. The van der Waals surface area contributed by atoms with Crippen molar-refractivity contribution in [2.75, 3.05) is 25.0 Å². The fraction of sp³-hybridized carbons (Fsp3) is 0.364. The molecule has 0 spiro atoms. The SMILES string of the molecule is O=C(c1ccc(NC(=S)NCCCc2ccccc2)cc1)N1CCCCC1. The zero-order valence-corrected chi connectivity index (χ0v) is 16.4. The van der Waals surface area contributed by atoms with Crippen molar-refractivity contribution >= 4 is 28.9 Å². The predicted octanol–water partition coefficient (Wildman–Crippen LogP) is 4.23. The number of anilines is 1. The molecule has 1 amide bonds. The number of carbonyl (C=O) groups is 1. The second-order valence-corrected chi connectivity index (χ2v) is 7.31. The highest BCUT2D eigenvalue weighted by atomic mass is 32.1. The van der Waals surface area contributed by atoms with Crippen LogP contribution in [0.5, 0.6) is 0 Å². The summed E-state index contributed by atoms with van der Waals surface area (Å²) in [6.45, 7) is 2.57. The van der Waals surface area contributed by atoms with Crippen molar-refractivity contribution in [1.29, 1.82) is 0 Å².